The average molecular weight is 509 g/mol. The highest BCUT2D eigenvalue weighted by atomic mass is 16.5. The Bertz CT molecular complexity index is 1080. The number of hydrogen-bond donors (Lipinski definition) is 1. The molecular weight excluding hydrogens is 468 g/mol. The van der Waals surface area contributed by atoms with Gasteiger partial charge in [-0.2, -0.15) is 0 Å². The van der Waals surface area contributed by atoms with E-state index in [-0.39, 0.29) is 11.3 Å². The van der Waals surface area contributed by atoms with Crippen molar-refractivity contribution in [2.75, 3.05) is 39.4 Å². The molecule has 1 atom stereocenters. The van der Waals surface area contributed by atoms with Crippen LogP contribution >= 0.6 is 0 Å². The summed E-state index contributed by atoms with van der Waals surface area (Å²) in [5.74, 6) is -0.265. The molecule has 1 amide bonds. The van der Waals surface area contributed by atoms with Crippen molar-refractivity contribution in [2.45, 2.75) is 53.0 Å². The van der Waals surface area contributed by atoms with Crippen LogP contribution in [0.4, 0.5) is 0 Å². The molecule has 0 spiro atoms. The molecule has 1 heterocycles. The van der Waals surface area contributed by atoms with E-state index in [2.05, 4.69) is 25.7 Å². The fourth-order valence-corrected chi connectivity index (χ4v) is 4.61. The molecule has 1 N–H and O–H groups in total. The molecule has 7 nitrogen and oxygen atoms in total. The van der Waals surface area contributed by atoms with Crippen molar-refractivity contribution in [3.63, 3.8) is 0 Å². The number of Topliss-reactive ketones (excluding diaryl/α,β-unsaturated/α-hetero) is 1. The highest BCUT2D eigenvalue weighted by Gasteiger charge is 2.46. The zero-order chi connectivity index (χ0) is 26.8. The number of ketones is 1. The molecule has 0 saturated carbocycles. The number of nitrogens with zero attached hydrogens (tertiary/aromatic N) is 2. The molecule has 0 aliphatic carbocycles. The molecule has 200 valence electrons. The Kier molecular flexibility index (Phi) is 10.6. The molecule has 1 saturated heterocycles. The van der Waals surface area contributed by atoms with Crippen molar-refractivity contribution in [3.05, 3.63) is 65.2 Å². The van der Waals surface area contributed by atoms with Crippen LogP contribution in [0.1, 0.15) is 64.1 Å². The third-order valence-corrected chi connectivity index (χ3v) is 6.73. The van der Waals surface area contributed by atoms with Crippen molar-refractivity contribution in [1.29, 1.82) is 0 Å². The number of rotatable bonds is 14. The summed E-state index contributed by atoms with van der Waals surface area (Å²) in [6.45, 7) is 11.9. The normalized spacial score (nSPS) is 17.0. The van der Waals surface area contributed by atoms with Gasteiger partial charge in [0, 0.05) is 18.7 Å². The second-order valence-electron chi connectivity index (χ2n) is 9.08. The highest BCUT2D eigenvalue weighted by Crippen LogP contribution is 2.42. The minimum Gasteiger partial charge on any atom is -0.507 e. The summed E-state index contributed by atoms with van der Waals surface area (Å²) in [4.78, 5) is 30.3. The van der Waals surface area contributed by atoms with Gasteiger partial charge >= 0.3 is 0 Å². The Balaban J connectivity index is 2.06. The SMILES string of the molecule is CCCCCOc1ccc(C2/C(=C(\O)c3ccccc3)C(=O)C(=O)N2CCN(CC)CC)cc1OCC. The second-order valence-corrected chi connectivity index (χ2v) is 9.08. The van der Waals surface area contributed by atoms with Crippen molar-refractivity contribution in [3.8, 4) is 11.5 Å². The Morgan fingerprint density at radius 2 is 1.68 bits per heavy atom. The number of ether oxygens (including phenoxy) is 2. The smallest absolute Gasteiger partial charge is 0.295 e. The molecule has 1 aliphatic rings. The van der Waals surface area contributed by atoms with E-state index in [0.29, 0.717) is 48.9 Å². The molecule has 0 aromatic heterocycles. The minimum absolute atomic E-state index is 0.0924. The van der Waals surface area contributed by atoms with Crippen LogP contribution in [-0.4, -0.2) is 66.0 Å². The van der Waals surface area contributed by atoms with Crippen molar-refractivity contribution in [1.82, 2.24) is 9.80 Å². The summed E-state index contributed by atoms with van der Waals surface area (Å²) >= 11 is 0. The zero-order valence-electron chi connectivity index (χ0n) is 22.5. The van der Waals surface area contributed by atoms with Crippen LogP contribution in [0, 0.1) is 0 Å². The van der Waals surface area contributed by atoms with E-state index < -0.39 is 17.7 Å². The molecule has 0 radical (unpaired) electrons. The number of benzene rings is 2. The van der Waals surface area contributed by atoms with Crippen molar-refractivity contribution < 1.29 is 24.2 Å². The number of likely N-dealkylation sites (N-methyl/N-ethyl adjacent to an activating group) is 1. The predicted molar refractivity (Wildman–Crippen MR) is 146 cm³/mol. The van der Waals surface area contributed by atoms with Crippen LogP contribution in [0.3, 0.4) is 0 Å². The maximum Gasteiger partial charge on any atom is 0.295 e. The quantitative estimate of drug-likeness (QED) is 0.159. The molecular formula is C30H40N2O5. The Hall–Kier alpha value is -3.32. The maximum atomic E-state index is 13.3. The second kappa shape index (κ2) is 13.8. The van der Waals surface area contributed by atoms with Gasteiger partial charge in [0.25, 0.3) is 11.7 Å². The van der Waals surface area contributed by atoms with Crippen LogP contribution in [0.15, 0.2) is 54.1 Å². The van der Waals surface area contributed by atoms with Crippen LogP contribution < -0.4 is 9.47 Å². The van der Waals surface area contributed by atoms with Gasteiger partial charge in [0.05, 0.1) is 24.8 Å². The molecule has 7 heteroatoms. The first-order valence-electron chi connectivity index (χ1n) is 13.4. The molecule has 1 aliphatic heterocycles. The van der Waals surface area contributed by atoms with Crippen LogP contribution in [0.5, 0.6) is 11.5 Å². The topological polar surface area (TPSA) is 79.3 Å². The minimum atomic E-state index is -0.732. The first kappa shape index (κ1) is 28.3. The molecule has 2 aromatic rings. The van der Waals surface area contributed by atoms with Gasteiger partial charge < -0.3 is 24.4 Å². The summed E-state index contributed by atoms with van der Waals surface area (Å²) in [7, 11) is 0. The lowest BCUT2D eigenvalue weighted by molar-refractivity contribution is -0.140. The van der Waals surface area contributed by atoms with Gasteiger partial charge in [-0.1, -0.05) is 70.0 Å². The number of likely N-dealkylation sites (tertiary alicyclic amines) is 1. The zero-order valence-corrected chi connectivity index (χ0v) is 22.5. The number of hydrogen-bond acceptors (Lipinski definition) is 6. The molecule has 37 heavy (non-hydrogen) atoms. The van der Waals surface area contributed by atoms with Crippen molar-refractivity contribution in [2.24, 2.45) is 0 Å². The average Bonchev–Trinajstić information content (AvgIpc) is 3.17. The molecule has 0 bridgehead atoms. The predicted octanol–water partition coefficient (Wildman–Crippen LogP) is 5.42. The third kappa shape index (κ3) is 6.72. The van der Waals surface area contributed by atoms with E-state index in [4.69, 9.17) is 9.47 Å². The first-order chi connectivity index (χ1) is 18.0. The maximum absolute atomic E-state index is 13.3. The summed E-state index contributed by atoms with van der Waals surface area (Å²) < 4.78 is 11.9. The lowest BCUT2D eigenvalue weighted by Gasteiger charge is -2.28. The van der Waals surface area contributed by atoms with E-state index in [9.17, 15) is 14.7 Å². The van der Waals surface area contributed by atoms with E-state index >= 15 is 0 Å². The molecule has 1 unspecified atom stereocenters. The number of aliphatic hydroxyl groups excluding tert-OH is 1. The summed E-state index contributed by atoms with van der Waals surface area (Å²) in [5, 5.41) is 11.2. The third-order valence-electron chi connectivity index (χ3n) is 6.73. The number of unbranched alkanes of at least 4 members (excludes halogenated alkanes) is 2. The van der Waals surface area contributed by atoms with Gasteiger partial charge in [0.1, 0.15) is 5.76 Å². The lowest BCUT2D eigenvalue weighted by Crippen LogP contribution is -2.38. The summed E-state index contributed by atoms with van der Waals surface area (Å²) in [5.41, 5.74) is 1.28. The Morgan fingerprint density at radius 1 is 0.946 bits per heavy atom. The first-order valence-corrected chi connectivity index (χ1v) is 13.4. The summed E-state index contributed by atoms with van der Waals surface area (Å²) in [6.07, 6.45) is 3.14. The standard InChI is InChI=1S/C30H40N2O5/c1-5-9-13-20-37-24-17-16-23(21-25(24)36-8-4)27-26(28(33)22-14-11-10-12-15-22)29(34)30(35)32(27)19-18-31(6-2)7-3/h10-12,14-17,21,27,33H,5-9,13,18-20H2,1-4H3/b28-26+. The fraction of sp³-hybridized carbons (Fsp3) is 0.467. The molecule has 3 rings (SSSR count). The van der Waals surface area contributed by atoms with E-state index in [1.807, 2.05) is 31.2 Å². The van der Waals surface area contributed by atoms with Crippen LogP contribution in [0.25, 0.3) is 5.76 Å². The number of carbonyl (C=O) groups is 2. The molecule has 1 fully saturated rings. The van der Waals surface area contributed by atoms with Gasteiger partial charge in [-0.25, -0.2) is 0 Å². The van der Waals surface area contributed by atoms with E-state index in [0.717, 1.165) is 32.4 Å². The molecule has 2 aromatic carbocycles. The van der Waals surface area contributed by atoms with Crippen LogP contribution in [-0.2, 0) is 9.59 Å². The number of carbonyl (C=O) groups excluding carboxylic acids is 2. The van der Waals surface area contributed by atoms with E-state index in [1.54, 1.807) is 29.2 Å². The van der Waals surface area contributed by atoms with E-state index in [1.165, 1.54) is 0 Å². The fourth-order valence-electron chi connectivity index (χ4n) is 4.61. The van der Waals surface area contributed by atoms with Crippen molar-refractivity contribution >= 4 is 17.4 Å². The Morgan fingerprint density at radius 3 is 2.32 bits per heavy atom. The van der Waals surface area contributed by atoms with Crippen LogP contribution in [0.2, 0.25) is 0 Å². The highest BCUT2D eigenvalue weighted by molar-refractivity contribution is 6.46. The van der Waals surface area contributed by atoms with Gasteiger partial charge in [-0.3, -0.25) is 9.59 Å². The summed E-state index contributed by atoms with van der Waals surface area (Å²) in [6, 6.07) is 13.7. The van der Waals surface area contributed by atoms with Gasteiger partial charge in [-0.15, -0.1) is 0 Å². The monoisotopic (exact) mass is 508 g/mol. The number of amides is 1. The van der Waals surface area contributed by atoms with Gasteiger partial charge in [0.15, 0.2) is 11.5 Å². The number of aliphatic hydroxyl groups is 1. The lowest BCUT2D eigenvalue weighted by atomic mass is 9.95. The van der Waals surface area contributed by atoms with Gasteiger partial charge in [0.2, 0.25) is 0 Å². The largest absolute Gasteiger partial charge is 0.507 e. The van der Waals surface area contributed by atoms with Gasteiger partial charge in [-0.05, 0) is 44.1 Å². The Labute approximate surface area is 220 Å².